The number of para-hydroxylation sites is 1. The van der Waals surface area contributed by atoms with E-state index in [0.717, 1.165) is 36.2 Å². The summed E-state index contributed by atoms with van der Waals surface area (Å²) in [6, 6.07) is 18.6. The van der Waals surface area contributed by atoms with E-state index in [2.05, 4.69) is 14.4 Å². The average Bonchev–Trinajstić information content (AvgIpc) is 2.83. The van der Waals surface area contributed by atoms with E-state index in [1.165, 1.54) is 36.4 Å². The molecule has 0 saturated carbocycles. The Morgan fingerprint density at radius 2 is 1.53 bits per heavy atom. The molecule has 0 unspecified atom stereocenters. The fraction of sp³-hybridized carbons (Fsp3) is 0.333. The van der Waals surface area contributed by atoms with E-state index in [-0.39, 0.29) is 11.5 Å². The SMILES string of the molecule is C[C@H](O)CN1CCCc2c(-c3cccc(OC(F)(F)F)c3)cccc21.FC(F)C(F)(F)Oc1ccccc1. The number of aliphatic hydroxyl groups excluding tert-OH is 1. The Balaban J connectivity index is 0.000000260. The van der Waals surface area contributed by atoms with Crippen LogP contribution in [0.4, 0.5) is 36.4 Å². The number of alkyl halides is 7. The molecule has 1 aliphatic heterocycles. The minimum Gasteiger partial charge on any atom is -0.428 e. The Morgan fingerprint density at radius 1 is 0.868 bits per heavy atom. The van der Waals surface area contributed by atoms with Crippen molar-refractivity contribution in [2.24, 2.45) is 0 Å². The van der Waals surface area contributed by atoms with Crippen LogP contribution in [0, 0.1) is 0 Å². The first-order valence-corrected chi connectivity index (χ1v) is 11.7. The smallest absolute Gasteiger partial charge is 0.428 e. The Hall–Kier alpha value is -3.47. The van der Waals surface area contributed by atoms with Crippen molar-refractivity contribution in [3.63, 3.8) is 0 Å². The van der Waals surface area contributed by atoms with Gasteiger partial charge in [0.25, 0.3) is 0 Å². The van der Waals surface area contributed by atoms with Gasteiger partial charge in [0.1, 0.15) is 11.5 Å². The summed E-state index contributed by atoms with van der Waals surface area (Å²) in [7, 11) is 0. The maximum absolute atomic E-state index is 12.5. The van der Waals surface area contributed by atoms with Crippen LogP contribution >= 0.6 is 0 Å². The van der Waals surface area contributed by atoms with Crippen LogP contribution in [0.2, 0.25) is 0 Å². The molecule has 1 atom stereocenters. The van der Waals surface area contributed by atoms with Gasteiger partial charge in [-0.15, -0.1) is 13.2 Å². The Labute approximate surface area is 215 Å². The third kappa shape index (κ3) is 8.27. The van der Waals surface area contributed by atoms with Crippen LogP contribution in [-0.2, 0) is 6.42 Å². The molecule has 11 heteroatoms. The van der Waals surface area contributed by atoms with Crippen LogP contribution in [0.5, 0.6) is 11.5 Å². The molecule has 1 aliphatic rings. The molecule has 206 valence electrons. The van der Waals surface area contributed by atoms with Gasteiger partial charge in [-0.05, 0) is 66.8 Å². The van der Waals surface area contributed by atoms with E-state index in [9.17, 15) is 35.8 Å². The molecule has 3 aromatic carbocycles. The normalized spacial score (nSPS) is 14.3. The molecule has 1 heterocycles. The predicted octanol–water partition coefficient (Wildman–Crippen LogP) is 7.31. The maximum Gasteiger partial charge on any atom is 0.573 e. The van der Waals surface area contributed by atoms with Gasteiger partial charge in [0.2, 0.25) is 0 Å². The molecule has 0 radical (unpaired) electrons. The van der Waals surface area contributed by atoms with Gasteiger partial charge >= 0.3 is 18.9 Å². The molecule has 4 rings (SSSR count). The summed E-state index contributed by atoms with van der Waals surface area (Å²) in [5.41, 5.74) is 3.73. The third-order valence-corrected chi connectivity index (χ3v) is 5.46. The zero-order chi connectivity index (χ0) is 27.9. The maximum atomic E-state index is 12.5. The summed E-state index contributed by atoms with van der Waals surface area (Å²) in [6.07, 6.45) is -11.6. The highest BCUT2D eigenvalue weighted by Gasteiger charge is 2.43. The number of ether oxygens (including phenoxy) is 2. The van der Waals surface area contributed by atoms with Crippen molar-refractivity contribution in [1.82, 2.24) is 0 Å². The summed E-state index contributed by atoms with van der Waals surface area (Å²) in [6.45, 7) is 3.14. The molecule has 0 saturated heterocycles. The molecular formula is C27H26F7NO3. The van der Waals surface area contributed by atoms with Crippen molar-refractivity contribution < 1.29 is 45.3 Å². The standard InChI is InChI=1S/C19H20F3NO2.C8H6F4O/c1-13(24)12-23-10-4-8-17-16(7-3-9-18(17)23)14-5-2-6-15(11-14)25-19(20,21)22;9-7(10)8(11,12)13-6-4-2-1-3-5-6/h2-3,5-7,9,11,13,24H,4,8,10,12H2,1H3;1-5,7H/t13-;/m0./s1. The Kier molecular flexibility index (Phi) is 9.48. The summed E-state index contributed by atoms with van der Waals surface area (Å²) >= 11 is 0. The number of hydrogen-bond donors (Lipinski definition) is 1. The first kappa shape index (κ1) is 29.1. The monoisotopic (exact) mass is 545 g/mol. The molecule has 0 spiro atoms. The fourth-order valence-corrected chi connectivity index (χ4v) is 4.03. The van der Waals surface area contributed by atoms with E-state index in [0.29, 0.717) is 12.1 Å². The minimum atomic E-state index is -4.71. The zero-order valence-electron chi connectivity index (χ0n) is 20.3. The van der Waals surface area contributed by atoms with Crippen molar-refractivity contribution in [3.05, 3.63) is 78.4 Å². The molecule has 0 aliphatic carbocycles. The van der Waals surface area contributed by atoms with Crippen molar-refractivity contribution >= 4 is 5.69 Å². The highest BCUT2D eigenvalue weighted by atomic mass is 19.4. The van der Waals surface area contributed by atoms with Crippen LogP contribution in [0.3, 0.4) is 0 Å². The van der Waals surface area contributed by atoms with Crippen LogP contribution in [0.1, 0.15) is 18.9 Å². The van der Waals surface area contributed by atoms with Crippen LogP contribution in [-0.4, -0.2) is 43.2 Å². The van der Waals surface area contributed by atoms with Crippen LogP contribution in [0.25, 0.3) is 11.1 Å². The number of rotatable bonds is 7. The second-order valence-electron chi connectivity index (χ2n) is 8.56. The van der Waals surface area contributed by atoms with Crippen LogP contribution in [0.15, 0.2) is 72.8 Å². The van der Waals surface area contributed by atoms with E-state index >= 15 is 0 Å². The lowest BCUT2D eigenvalue weighted by atomic mass is 9.92. The fourth-order valence-electron chi connectivity index (χ4n) is 4.03. The van der Waals surface area contributed by atoms with Gasteiger partial charge in [-0.25, -0.2) is 0 Å². The quantitative estimate of drug-likeness (QED) is 0.316. The highest BCUT2D eigenvalue weighted by molar-refractivity contribution is 5.76. The minimum absolute atomic E-state index is 0.223. The van der Waals surface area contributed by atoms with E-state index in [4.69, 9.17) is 0 Å². The van der Waals surface area contributed by atoms with Crippen molar-refractivity contribution in [1.29, 1.82) is 0 Å². The van der Waals surface area contributed by atoms with Crippen molar-refractivity contribution in [2.45, 2.75) is 44.8 Å². The molecule has 0 amide bonds. The molecule has 4 nitrogen and oxygen atoms in total. The second-order valence-corrected chi connectivity index (χ2v) is 8.56. The topological polar surface area (TPSA) is 41.9 Å². The number of benzene rings is 3. The summed E-state index contributed by atoms with van der Waals surface area (Å²) in [5, 5.41) is 9.70. The van der Waals surface area contributed by atoms with Crippen LogP contribution < -0.4 is 14.4 Å². The number of nitrogens with zero attached hydrogens (tertiary/aromatic N) is 1. The summed E-state index contributed by atoms with van der Waals surface area (Å²) in [5.74, 6) is -0.507. The number of β-amino-alcohol motifs (C(OH)–C–C–N with tert-alkyl or cyclic N) is 1. The largest absolute Gasteiger partial charge is 0.573 e. The number of halogens is 7. The molecule has 3 aromatic rings. The van der Waals surface area contributed by atoms with Gasteiger partial charge in [-0.3, -0.25) is 0 Å². The average molecular weight is 545 g/mol. The molecule has 1 N–H and O–H groups in total. The number of aliphatic hydroxyl groups is 1. The van der Waals surface area contributed by atoms with Gasteiger partial charge in [0, 0.05) is 18.8 Å². The highest BCUT2D eigenvalue weighted by Crippen LogP contribution is 2.37. The molecule has 38 heavy (non-hydrogen) atoms. The molecule has 0 bridgehead atoms. The Morgan fingerprint density at radius 3 is 2.16 bits per heavy atom. The van der Waals surface area contributed by atoms with E-state index in [1.54, 1.807) is 25.1 Å². The molecule has 0 aromatic heterocycles. The molecular weight excluding hydrogens is 519 g/mol. The van der Waals surface area contributed by atoms with Gasteiger partial charge in [0.15, 0.2) is 0 Å². The van der Waals surface area contributed by atoms with Crippen molar-refractivity contribution in [3.8, 4) is 22.6 Å². The first-order chi connectivity index (χ1) is 17.9. The summed E-state index contributed by atoms with van der Waals surface area (Å²) < 4.78 is 93.0. The van der Waals surface area contributed by atoms with E-state index < -0.39 is 25.0 Å². The van der Waals surface area contributed by atoms with Gasteiger partial charge < -0.3 is 19.5 Å². The van der Waals surface area contributed by atoms with Gasteiger partial charge in [-0.2, -0.15) is 17.6 Å². The van der Waals surface area contributed by atoms with Gasteiger partial charge in [0.05, 0.1) is 6.10 Å². The second kappa shape index (κ2) is 12.4. The van der Waals surface area contributed by atoms with Gasteiger partial charge in [-0.1, -0.05) is 42.5 Å². The van der Waals surface area contributed by atoms with E-state index in [1.807, 2.05) is 18.2 Å². The first-order valence-electron chi connectivity index (χ1n) is 11.7. The third-order valence-electron chi connectivity index (χ3n) is 5.46. The number of fused-ring (bicyclic) bond motifs is 1. The molecule has 0 fully saturated rings. The lowest BCUT2D eigenvalue weighted by molar-refractivity contribution is -0.274. The zero-order valence-corrected chi connectivity index (χ0v) is 20.3. The Bertz CT molecular complexity index is 1170. The predicted molar refractivity (Wildman–Crippen MR) is 129 cm³/mol. The summed E-state index contributed by atoms with van der Waals surface area (Å²) in [4.78, 5) is 2.13. The number of anilines is 1. The lowest BCUT2D eigenvalue weighted by Crippen LogP contribution is -2.35. The van der Waals surface area contributed by atoms with Crippen molar-refractivity contribution in [2.75, 3.05) is 18.0 Å². The lowest BCUT2D eigenvalue weighted by Gasteiger charge is -2.33. The number of hydrogen-bond acceptors (Lipinski definition) is 4.